The summed E-state index contributed by atoms with van der Waals surface area (Å²) in [6.07, 6.45) is 2.97. The second-order valence-corrected chi connectivity index (χ2v) is 9.40. The van der Waals surface area contributed by atoms with Crippen LogP contribution < -0.4 is 10.0 Å². The first-order valence-corrected chi connectivity index (χ1v) is 12.0. The monoisotopic (exact) mass is 433 g/mol. The van der Waals surface area contributed by atoms with Crippen molar-refractivity contribution >= 4 is 16.1 Å². The maximum atomic E-state index is 14.2. The first-order chi connectivity index (χ1) is 14.3. The lowest BCUT2D eigenvalue weighted by molar-refractivity contribution is 0.134. The van der Waals surface area contributed by atoms with Crippen molar-refractivity contribution in [2.75, 3.05) is 19.3 Å². The van der Waals surface area contributed by atoms with Crippen molar-refractivity contribution in [1.29, 1.82) is 0 Å². The van der Waals surface area contributed by atoms with Gasteiger partial charge in [0.15, 0.2) is 0 Å². The van der Waals surface area contributed by atoms with Crippen molar-refractivity contribution in [3.63, 3.8) is 0 Å². The highest BCUT2D eigenvalue weighted by molar-refractivity contribution is 7.88. The lowest BCUT2D eigenvalue weighted by Crippen LogP contribution is -2.59. The standard InChI is InChI=1S/C22H28FN3O3S/c1-3-24-22(27)26-13-7-12-20(25-30(2,28)29)21(26)15-16-8-6-9-17(14-16)18-10-4-5-11-19(18)23/h4-6,8-11,14,20-21,25H,3,7,12-13,15H2,1-2H3,(H,24,27)/t20-,21+/m1/s1. The van der Waals surface area contributed by atoms with E-state index in [2.05, 4.69) is 10.0 Å². The minimum Gasteiger partial charge on any atom is -0.338 e. The highest BCUT2D eigenvalue weighted by Crippen LogP contribution is 2.26. The van der Waals surface area contributed by atoms with Crippen LogP contribution in [0, 0.1) is 5.82 Å². The van der Waals surface area contributed by atoms with E-state index in [-0.39, 0.29) is 23.9 Å². The number of carbonyl (C=O) groups excluding carboxylic acids is 1. The van der Waals surface area contributed by atoms with Crippen LogP contribution in [-0.2, 0) is 16.4 Å². The van der Waals surface area contributed by atoms with Crippen LogP contribution in [0.5, 0.6) is 0 Å². The Morgan fingerprint density at radius 2 is 1.97 bits per heavy atom. The Kier molecular flexibility index (Phi) is 7.10. The van der Waals surface area contributed by atoms with Crippen LogP contribution in [0.4, 0.5) is 9.18 Å². The molecule has 1 aliphatic rings. The Hall–Kier alpha value is -2.45. The number of benzene rings is 2. The number of sulfonamides is 1. The summed E-state index contributed by atoms with van der Waals surface area (Å²) in [7, 11) is -3.43. The lowest BCUT2D eigenvalue weighted by Gasteiger charge is -2.41. The molecule has 2 aromatic rings. The zero-order valence-corrected chi connectivity index (χ0v) is 18.1. The number of likely N-dealkylation sites (tertiary alicyclic amines) is 1. The number of nitrogens with one attached hydrogen (secondary N) is 2. The van der Waals surface area contributed by atoms with E-state index in [1.54, 1.807) is 23.1 Å². The van der Waals surface area contributed by atoms with Gasteiger partial charge in [-0.25, -0.2) is 22.3 Å². The van der Waals surface area contributed by atoms with Gasteiger partial charge in [0.05, 0.1) is 12.3 Å². The highest BCUT2D eigenvalue weighted by atomic mass is 32.2. The predicted octanol–water partition coefficient (Wildman–Crippen LogP) is 3.15. The summed E-state index contributed by atoms with van der Waals surface area (Å²) >= 11 is 0. The lowest BCUT2D eigenvalue weighted by atomic mass is 9.90. The molecule has 1 fully saturated rings. The molecule has 3 rings (SSSR count). The molecule has 8 heteroatoms. The molecule has 0 unspecified atom stereocenters. The van der Waals surface area contributed by atoms with Gasteiger partial charge in [0, 0.05) is 24.7 Å². The van der Waals surface area contributed by atoms with Crippen molar-refractivity contribution in [3.05, 3.63) is 59.9 Å². The number of urea groups is 1. The second kappa shape index (κ2) is 9.57. The van der Waals surface area contributed by atoms with E-state index in [0.717, 1.165) is 23.8 Å². The summed E-state index contributed by atoms with van der Waals surface area (Å²) in [5, 5.41) is 2.82. The fraction of sp³-hybridized carbons (Fsp3) is 0.409. The predicted molar refractivity (Wildman–Crippen MR) is 116 cm³/mol. The van der Waals surface area contributed by atoms with Crippen LogP contribution in [0.3, 0.4) is 0 Å². The molecule has 0 aromatic heterocycles. The topological polar surface area (TPSA) is 78.5 Å². The molecule has 0 saturated carbocycles. The van der Waals surface area contributed by atoms with Gasteiger partial charge >= 0.3 is 6.03 Å². The average molecular weight is 434 g/mol. The van der Waals surface area contributed by atoms with Crippen molar-refractivity contribution in [1.82, 2.24) is 14.9 Å². The SMILES string of the molecule is CCNC(=O)N1CCC[C@@H](NS(C)(=O)=O)[C@@H]1Cc1cccc(-c2ccccc2F)c1. The van der Waals surface area contributed by atoms with Gasteiger partial charge in [0.25, 0.3) is 0 Å². The molecule has 162 valence electrons. The zero-order valence-electron chi connectivity index (χ0n) is 17.3. The molecule has 30 heavy (non-hydrogen) atoms. The maximum absolute atomic E-state index is 14.2. The minimum atomic E-state index is -3.43. The minimum absolute atomic E-state index is 0.201. The van der Waals surface area contributed by atoms with E-state index in [1.807, 2.05) is 31.2 Å². The van der Waals surface area contributed by atoms with Crippen LogP contribution in [0.15, 0.2) is 48.5 Å². The van der Waals surface area contributed by atoms with Crippen molar-refractivity contribution in [2.24, 2.45) is 0 Å². The van der Waals surface area contributed by atoms with E-state index in [9.17, 15) is 17.6 Å². The third-order valence-corrected chi connectivity index (χ3v) is 6.02. The van der Waals surface area contributed by atoms with Crippen molar-refractivity contribution in [3.8, 4) is 11.1 Å². The van der Waals surface area contributed by atoms with Crippen molar-refractivity contribution in [2.45, 2.75) is 38.3 Å². The summed E-state index contributed by atoms with van der Waals surface area (Å²) in [5.41, 5.74) is 2.17. The third kappa shape index (κ3) is 5.58. The van der Waals surface area contributed by atoms with E-state index in [4.69, 9.17) is 0 Å². The Morgan fingerprint density at radius 1 is 1.20 bits per heavy atom. The number of halogens is 1. The number of hydrogen-bond donors (Lipinski definition) is 2. The molecule has 2 N–H and O–H groups in total. The Balaban J connectivity index is 1.91. The number of rotatable bonds is 6. The number of carbonyl (C=O) groups is 1. The summed E-state index contributed by atoms with van der Waals surface area (Å²) in [6.45, 7) is 2.90. The molecule has 0 spiro atoms. The Bertz CT molecular complexity index is 997. The van der Waals surface area contributed by atoms with E-state index >= 15 is 0 Å². The fourth-order valence-electron chi connectivity index (χ4n) is 4.03. The summed E-state index contributed by atoms with van der Waals surface area (Å²) in [5.74, 6) is -0.298. The molecule has 1 heterocycles. The molecular formula is C22H28FN3O3S. The van der Waals surface area contributed by atoms with Crippen LogP contribution >= 0.6 is 0 Å². The first kappa shape index (κ1) is 22.2. The van der Waals surface area contributed by atoms with Crippen molar-refractivity contribution < 1.29 is 17.6 Å². The Morgan fingerprint density at radius 3 is 2.67 bits per heavy atom. The summed E-state index contributed by atoms with van der Waals surface area (Å²) in [4.78, 5) is 14.3. The summed E-state index contributed by atoms with van der Waals surface area (Å²) < 4.78 is 40.7. The Labute approximate surface area is 177 Å². The molecule has 2 atom stereocenters. The van der Waals surface area contributed by atoms with Gasteiger partial charge in [0.1, 0.15) is 5.82 Å². The number of nitrogens with zero attached hydrogens (tertiary/aromatic N) is 1. The largest absolute Gasteiger partial charge is 0.338 e. The van der Waals surface area contributed by atoms with E-state index < -0.39 is 10.0 Å². The first-order valence-electron chi connectivity index (χ1n) is 10.1. The van der Waals surface area contributed by atoms with Crippen LogP contribution in [0.25, 0.3) is 11.1 Å². The van der Waals surface area contributed by atoms with Gasteiger partial charge < -0.3 is 10.2 Å². The quantitative estimate of drug-likeness (QED) is 0.735. The maximum Gasteiger partial charge on any atom is 0.317 e. The molecule has 1 saturated heterocycles. The number of amides is 2. The normalized spacial score (nSPS) is 19.5. The van der Waals surface area contributed by atoms with Crippen LogP contribution in [0.2, 0.25) is 0 Å². The number of hydrogen-bond acceptors (Lipinski definition) is 3. The van der Waals surface area contributed by atoms with Gasteiger partial charge in [0.2, 0.25) is 10.0 Å². The van der Waals surface area contributed by atoms with Crippen LogP contribution in [0.1, 0.15) is 25.3 Å². The highest BCUT2D eigenvalue weighted by Gasteiger charge is 2.35. The fourth-order valence-corrected chi connectivity index (χ4v) is 4.85. The summed E-state index contributed by atoms with van der Waals surface area (Å²) in [6, 6.07) is 13.2. The molecule has 1 aliphatic heterocycles. The molecular weight excluding hydrogens is 405 g/mol. The van der Waals surface area contributed by atoms with Gasteiger partial charge in [-0.15, -0.1) is 0 Å². The van der Waals surface area contributed by atoms with Gasteiger partial charge in [-0.05, 0) is 43.4 Å². The third-order valence-electron chi connectivity index (χ3n) is 5.29. The second-order valence-electron chi connectivity index (χ2n) is 7.62. The smallest absolute Gasteiger partial charge is 0.317 e. The molecule has 0 bridgehead atoms. The van der Waals surface area contributed by atoms with E-state index in [1.165, 1.54) is 6.07 Å². The molecule has 6 nitrogen and oxygen atoms in total. The molecule has 2 amide bonds. The average Bonchev–Trinajstić information content (AvgIpc) is 2.69. The van der Waals surface area contributed by atoms with Gasteiger partial charge in [-0.3, -0.25) is 0 Å². The van der Waals surface area contributed by atoms with Gasteiger partial charge in [-0.2, -0.15) is 0 Å². The molecule has 0 radical (unpaired) electrons. The van der Waals surface area contributed by atoms with Gasteiger partial charge in [-0.1, -0.05) is 42.5 Å². The van der Waals surface area contributed by atoms with E-state index in [0.29, 0.717) is 31.5 Å². The zero-order chi connectivity index (χ0) is 21.7. The number of piperidine rings is 1. The molecule has 0 aliphatic carbocycles. The van der Waals surface area contributed by atoms with Crippen LogP contribution in [-0.4, -0.2) is 50.8 Å². The molecule has 2 aromatic carbocycles.